The van der Waals surface area contributed by atoms with Gasteiger partial charge in [-0.3, -0.25) is 0 Å². The van der Waals surface area contributed by atoms with Crippen LogP contribution >= 0.6 is 0 Å². The molecule has 0 atom stereocenters. The maximum Gasteiger partial charge on any atom is 0.321 e. The van der Waals surface area contributed by atoms with Gasteiger partial charge in [0.25, 0.3) is 0 Å². The van der Waals surface area contributed by atoms with Gasteiger partial charge in [-0.15, -0.1) is 0 Å². The van der Waals surface area contributed by atoms with E-state index in [1.165, 1.54) is 0 Å². The zero-order valence-electron chi connectivity index (χ0n) is 19.1. The van der Waals surface area contributed by atoms with Gasteiger partial charge in [0.15, 0.2) is 0 Å². The van der Waals surface area contributed by atoms with Crippen LogP contribution in [0.1, 0.15) is 26.3 Å². The Labute approximate surface area is 189 Å². The van der Waals surface area contributed by atoms with Gasteiger partial charge in [-0.05, 0) is 50.6 Å². The van der Waals surface area contributed by atoms with Crippen molar-refractivity contribution in [2.24, 2.45) is 0 Å². The summed E-state index contributed by atoms with van der Waals surface area (Å²) in [5.74, 6) is 0.743. The van der Waals surface area contributed by atoms with Crippen molar-refractivity contribution in [1.29, 1.82) is 5.26 Å². The lowest BCUT2D eigenvalue weighted by Crippen LogP contribution is -2.34. The summed E-state index contributed by atoms with van der Waals surface area (Å²) in [4.78, 5) is 14.0. The van der Waals surface area contributed by atoms with Crippen molar-refractivity contribution in [3.05, 3.63) is 48.0 Å². The molecule has 0 aliphatic rings. The molecule has 1 N–H and O–H groups in total. The lowest BCUT2D eigenvalue weighted by atomic mass is 10.1. The first-order valence-electron chi connectivity index (χ1n) is 10.9. The van der Waals surface area contributed by atoms with Crippen LogP contribution in [0.2, 0.25) is 0 Å². The molecule has 32 heavy (non-hydrogen) atoms. The fourth-order valence-corrected chi connectivity index (χ4v) is 3.83. The number of benzene rings is 2. The van der Waals surface area contributed by atoms with Crippen LogP contribution in [-0.4, -0.2) is 48.9 Å². The molecular weight excluding hydrogens is 404 g/mol. The number of rotatable bonds is 9. The van der Waals surface area contributed by atoms with E-state index in [1.54, 1.807) is 12.0 Å². The van der Waals surface area contributed by atoms with Gasteiger partial charge in [0.1, 0.15) is 18.4 Å². The smallest absolute Gasteiger partial charge is 0.321 e. The number of methoxy groups -OCH3 is 1. The average molecular weight is 435 g/mol. The number of fused-ring (bicyclic) bond motifs is 1. The van der Waals surface area contributed by atoms with E-state index in [-0.39, 0.29) is 6.03 Å². The second-order valence-electron chi connectivity index (χ2n) is 7.28. The molecule has 1 heterocycles. The van der Waals surface area contributed by atoms with Gasteiger partial charge < -0.3 is 24.3 Å². The lowest BCUT2D eigenvalue weighted by molar-refractivity contribution is 0.146. The molecule has 0 unspecified atom stereocenters. The zero-order chi connectivity index (χ0) is 23.1. The Hall–Kier alpha value is -3.50. The quantitative estimate of drug-likeness (QED) is 0.475. The molecule has 0 radical (unpaired) electrons. The molecule has 0 bridgehead atoms. The van der Waals surface area contributed by atoms with Gasteiger partial charge in [-0.1, -0.05) is 12.1 Å². The normalized spacial score (nSPS) is 10.7. The minimum absolute atomic E-state index is 0.121. The molecule has 2 aromatic carbocycles. The third kappa shape index (κ3) is 4.71. The summed E-state index contributed by atoms with van der Waals surface area (Å²) >= 11 is 0. The van der Waals surface area contributed by atoms with Crippen molar-refractivity contribution in [3.63, 3.8) is 0 Å². The largest absolute Gasteiger partial charge is 0.491 e. The third-order valence-electron chi connectivity index (χ3n) is 5.48. The molecule has 7 nitrogen and oxygen atoms in total. The molecule has 0 spiro atoms. The van der Waals surface area contributed by atoms with Gasteiger partial charge in [0.2, 0.25) is 0 Å². The molecule has 0 saturated carbocycles. The van der Waals surface area contributed by atoms with Gasteiger partial charge in [0.05, 0.1) is 23.4 Å². The van der Waals surface area contributed by atoms with Crippen molar-refractivity contribution in [2.75, 3.05) is 38.7 Å². The predicted octanol–water partition coefficient (Wildman–Crippen LogP) is 5.10. The number of carbonyl (C=O) groups is 1. The Balaban J connectivity index is 1.97. The maximum atomic E-state index is 12.3. The number of hydrogen-bond acceptors (Lipinski definition) is 4. The van der Waals surface area contributed by atoms with Crippen LogP contribution in [0.5, 0.6) is 5.75 Å². The molecule has 1 aromatic heterocycles. The van der Waals surface area contributed by atoms with Crippen LogP contribution in [0.25, 0.3) is 22.2 Å². The van der Waals surface area contributed by atoms with E-state index in [0.717, 1.165) is 33.6 Å². The first-order valence-corrected chi connectivity index (χ1v) is 10.9. The van der Waals surface area contributed by atoms with E-state index in [0.29, 0.717) is 38.4 Å². The highest BCUT2D eigenvalue weighted by molar-refractivity contribution is 5.96. The highest BCUT2D eigenvalue weighted by atomic mass is 16.5. The molecule has 3 rings (SSSR count). The van der Waals surface area contributed by atoms with Gasteiger partial charge in [-0.25, -0.2) is 4.79 Å². The number of nitrogens with zero attached hydrogens (tertiary/aromatic N) is 3. The van der Waals surface area contributed by atoms with Crippen LogP contribution in [-0.2, 0) is 11.3 Å². The number of aryl methyl sites for hydroxylation is 1. The van der Waals surface area contributed by atoms with E-state index in [1.807, 2.05) is 56.3 Å². The molecular formula is C25H30N4O3. The monoisotopic (exact) mass is 434 g/mol. The Morgan fingerprint density at radius 3 is 2.41 bits per heavy atom. The van der Waals surface area contributed by atoms with Crippen LogP contribution in [0, 0.1) is 11.3 Å². The SMILES string of the molecule is CCN(CC)C(=O)Nc1ccc(-c2c(C#N)c3ccc(OCCOC)cc3n2CC)cc1. The van der Waals surface area contributed by atoms with E-state index in [9.17, 15) is 10.1 Å². The van der Waals surface area contributed by atoms with E-state index < -0.39 is 0 Å². The van der Waals surface area contributed by atoms with Crippen molar-refractivity contribution in [1.82, 2.24) is 9.47 Å². The molecule has 0 aliphatic carbocycles. The number of ether oxygens (including phenoxy) is 2. The summed E-state index contributed by atoms with van der Waals surface area (Å²) in [5, 5.41) is 13.8. The molecule has 0 aliphatic heterocycles. The molecule has 3 aromatic rings. The van der Waals surface area contributed by atoms with Crippen molar-refractivity contribution in [2.45, 2.75) is 27.3 Å². The number of amides is 2. The highest BCUT2D eigenvalue weighted by Crippen LogP contribution is 2.35. The Morgan fingerprint density at radius 2 is 1.81 bits per heavy atom. The summed E-state index contributed by atoms with van der Waals surface area (Å²) in [6, 6.07) is 15.7. The fraction of sp³-hybridized carbons (Fsp3) is 0.360. The first-order chi connectivity index (χ1) is 15.6. The van der Waals surface area contributed by atoms with Crippen LogP contribution < -0.4 is 10.1 Å². The summed E-state index contributed by atoms with van der Waals surface area (Å²) in [6.45, 7) is 8.95. The molecule has 0 saturated heterocycles. The van der Waals surface area contributed by atoms with Crippen LogP contribution in [0.3, 0.4) is 0 Å². The number of urea groups is 1. The Bertz CT molecular complexity index is 1110. The van der Waals surface area contributed by atoms with Crippen molar-refractivity contribution >= 4 is 22.6 Å². The zero-order valence-corrected chi connectivity index (χ0v) is 19.1. The topological polar surface area (TPSA) is 79.5 Å². The average Bonchev–Trinajstić information content (AvgIpc) is 3.13. The van der Waals surface area contributed by atoms with Gasteiger partial charge in [0, 0.05) is 43.9 Å². The fourth-order valence-electron chi connectivity index (χ4n) is 3.83. The number of hydrogen-bond donors (Lipinski definition) is 1. The lowest BCUT2D eigenvalue weighted by Gasteiger charge is -2.19. The maximum absolute atomic E-state index is 12.3. The number of carbonyl (C=O) groups excluding carboxylic acids is 1. The molecule has 0 fully saturated rings. The minimum atomic E-state index is -0.121. The van der Waals surface area contributed by atoms with Gasteiger partial charge >= 0.3 is 6.03 Å². The number of anilines is 1. The second kappa shape index (κ2) is 10.7. The Kier molecular flexibility index (Phi) is 7.74. The van der Waals surface area contributed by atoms with E-state index >= 15 is 0 Å². The van der Waals surface area contributed by atoms with Gasteiger partial charge in [-0.2, -0.15) is 5.26 Å². The predicted molar refractivity (Wildman–Crippen MR) is 127 cm³/mol. The Morgan fingerprint density at radius 1 is 1.09 bits per heavy atom. The van der Waals surface area contributed by atoms with E-state index in [2.05, 4.69) is 22.9 Å². The van der Waals surface area contributed by atoms with Crippen LogP contribution in [0.15, 0.2) is 42.5 Å². The summed E-state index contributed by atoms with van der Waals surface area (Å²) in [5.41, 5.74) is 4.08. The third-order valence-corrected chi connectivity index (χ3v) is 5.48. The molecule has 168 valence electrons. The summed E-state index contributed by atoms with van der Waals surface area (Å²) in [6.07, 6.45) is 0. The van der Waals surface area contributed by atoms with Crippen molar-refractivity contribution < 1.29 is 14.3 Å². The van der Waals surface area contributed by atoms with E-state index in [4.69, 9.17) is 9.47 Å². The second-order valence-corrected chi connectivity index (χ2v) is 7.28. The highest BCUT2D eigenvalue weighted by Gasteiger charge is 2.19. The molecule has 2 amide bonds. The molecule has 7 heteroatoms. The summed E-state index contributed by atoms with van der Waals surface area (Å²) < 4.78 is 12.9. The summed E-state index contributed by atoms with van der Waals surface area (Å²) in [7, 11) is 1.64. The minimum Gasteiger partial charge on any atom is -0.491 e. The standard InChI is InChI=1S/C25H30N4O3/c1-5-28(6-2)25(30)27-19-10-8-18(9-11-19)24-22(17-26)21-13-12-20(32-15-14-31-4)16-23(21)29(24)7-3/h8-13,16H,5-7,14-15H2,1-4H3,(H,27,30). The first kappa shape index (κ1) is 23.2. The van der Waals surface area contributed by atoms with Crippen LogP contribution in [0.4, 0.5) is 10.5 Å². The number of aromatic nitrogens is 1. The van der Waals surface area contributed by atoms with Crippen molar-refractivity contribution in [3.8, 4) is 23.1 Å². The number of nitrogens with one attached hydrogen (secondary N) is 1. The number of nitriles is 1.